The van der Waals surface area contributed by atoms with Crippen molar-refractivity contribution >= 4 is 21.6 Å². The number of sulfonamides is 1. The van der Waals surface area contributed by atoms with E-state index in [4.69, 9.17) is 0 Å². The second kappa shape index (κ2) is 6.38. The lowest BCUT2D eigenvalue weighted by molar-refractivity contribution is -0.117. The van der Waals surface area contributed by atoms with E-state index in [1.165, 1.54) is 0 Å². The van der Waals surface area contributed by atoms with Gasteiger partial charge in [-0.05, 0) is 49.9 Å². The van der Waals surface area contributed by atoms with Gasteiger partial charge >= 0.3 is 0 Å². The van der Waals surface area contributed by atoms with E-state index in [-0.39, 0.29) is 22.8 Å². The van der Waals surface area contributed by atoms with Crippen molar-refractivity contribution in [3.8, 4) is 0 Å². The number of amides is 1. The van der Waals surface area contributed by atoms with Gasteiger partial charge in [0.25, 0.3) is 0 Å². The minimum Gasteiger partial charge on any atom is -0.312 e. The highest BCUT2D eigenvalue weighted by atomic mass is 32.2. The van der Waals surface area contributed by atoms with Crippen LogP contribution in [0.5, 0.6) is 0 Å². The molecule has 1 N–H and O–H groups in total. The SMILES string of the molecule is Cc1cc(S(=O)(=O)N[C@H](C)C(C)C)ccc1N1CCCC1=O. The quantitative estimate of drug-likeness (QED) is 0.904. The van der Waals surface area contributed by atoms with Crippen LogP contribution >= 0.6 is 0 Å². The molecule has 0 aliphatic carbocycles. The molecule has 1 aromatic rings. The standard InChI is InChI=1S/C16H24N2O3S/c1-11(2)13(4)17-22(20,21)14-7-8-15(12(3)10-14)18-9-5-6-16(18)19/h7-8,10-11,13,17H,5-6,9H2,1-4H3/t13-/m1/s1. The van der Waals surface area contributed by atoms with Crippen LogP contribution in [-0.2, 0) is 14.8 Å². The zero-order valence-electron chi connectivity index (χ0n) is 13.6. The first-order valence-corrected chi connectivity index (χ1v) is 9.14. The fraction of sp³-hybridized carbons (Fsp3) is 0.562. The number of hydrogen-bond acceptors (Lipinski definition) is 3. The molecule has 1 saturated heterocycles. The van der Waals surface area contributed by atoms with Crippen molar-refractivity contribution in [1.82, 2.24) is 4.72 Å². The van der Waals surface area contributed by atoms with Crippen molar-refractivity contribution < 1.29 is 13.2 Å². The van der Waals surface area contributed by atoms with Crippen LogP contribution in [0.2, 0.25) is 0 Å². The minimum absolute atomic E-state index is 0.102. The van der Waals surface area contributed by atoms with Gasteiger partial charge in [-0.2, -0.15) is 0 Å². The molecule has 1 heterocycles. The van der Waals surface area contributed by atoms with E-state index < -0.39 is 10.0 Å². The highest BCUT2D eigenvalue weighted by Gasteiger charge is 2.25. The number of nitrogens with one attached hydrogen (secondary N) is 1. The fourth-order valence-electron chi connectivity index (χ4n) is 2.45. The van der Waals surface area contributed by atoms with Crippen molar-refractivity contribution in [3.05, 3.63) is 23.8 Å². The summed E-state index contributed by atoms with van der Waals surface area (Å²) in [5.41, 5.74) is 1.61. The Morgan fingerprint density at radius 2 is 1.91 bits per heavy atom. The molecule has 122 valence electrons. The summed E-state index contributed by atoms with van der Waals surface area (Å²) < 4.78 is 27.5. The average Bonchev–Trinajstić information content (AvgIpc) is 2.84. The summed E-state index contributed by atoms with van der Waals surface area (Å²) in [6, 6.07) is 4.80. The number of anilines is 1. The topological polar surface area (TPSA) is 66.5 Å². The largest absolute Gasteiger partial charge is 0.312 e. The highest BCUT2D eigenvalue weighted by molar-refractivity contribution is 7.89. The molecule has 1 fully saturated rings. The van der Waals surface area contributed by atoms with Crippen LogP contribution in [0.15, 0.2) is 23.1 Å². The summed E-state index contributed by atoms with van der Waals surface area (Å²) in [6.07, 6.45) is 1.42. The van der Waals surface area contributed by atoms with Crippen molar-refractivity contribution in [2.45, 2.75) is 51.5 Å². The third-order valence-corrected chi connectivity index (χ3v) is 5.74. The first kappa shape index (κ1) is 17.0. The van der Waals surface area contributed by atoms with Crippen LogP contribution in [0, 0.1) is 12.8 Å². The summed E-state index contributed by atoms with van der Waals surface area (Å²) in [5.74, 6) is 0.322. The van der Waals surface area contributed by atoms with Crippen LogP contribution in [-0.4, -0.2) is 26.9 Å². The molecule has 22 heavy (non-hydrogen) atoms. The second-order valence-electron chi connectivity index (χ2n) is 6.25. The van der Waals surface area contributed by atoms with Crippen molar-refractivity contribution in [3.63, 3.8) is 0 Å². The molecule has 1 amide bonds. The molecule has 0 unspecified atom stereocenters. The lowest BCUT2D eigenvalue weighted by Crippen LogP contribution is -2.36. The van der Waals surface area contributed by atoms with Gasteiger partial charge < -0.3 is 4.90 Å². The Hall–Kier alpha value is -1.40. The molecule has 5 nitrogen and oxygen atoms in total. The Balaban J connectivity index is 2.27. The average molecular weight is 324 g/mol. The smallest absolute Gasteiger partial charge is 0.240 e. The second-order valence-corrected chi connectivity index (χ2v) is 7.97. The maximum atomic E-state index is 12.4. The third kappa shape index (κ3) is 3.50. The lowest BCUT2D eigenvalue weighted by atomic mass is 10.1. The molecule has 1 aromatic carbocycles. The Labute approximate surface area is 132 Å². The fourth-order valence-corrected chi connectivity index (χ4v) is 3.93. The molecule has 0 spiro atoms. The van der Waals surface area contributed by atoms with Gasteiger partial charge in [-0.1, -0.05) is 13.8 Å². The van der Waals surface area contributed by atoms with Crippen molar-refractivity contribution in [2.24, 2.45) is 5.92 Å². The van der Waals surface area contributed by atoms with E-state index in [1.54, 1.807) is 23.1 Å². The predicted octanol–water partition coefficient (Wildman–Crippen LogP) is 2.44. The van der Waals surface area contributed by atoms with Crippen LogP contribution in [0.25, 0.3) is 0 Å². The van der Waals surface area contributed by atoms with Crippen LogP contribution in [0.4, 0.5) is 5.69 Å². The van der Waals surface area contributed by atoms with Gasteiger partial charge in [0, 0.05) is 24.7 Å². The number of hydrogen-bond donors (Lipinski definition) is 1. The molecule has 0 bridgehead atoms. The van der Waals surface area contributed by atoms with E-state index in [0.717, 1.165) is 17.7 Å². The van der Waals surface area contributed by atoms with E-state index in [9.17, 15) is 13.2 Å². The summed E-state index contributed by atoms with van der Waals surface area (Å²) in [5, 5.41) is 0. The van der Waals surface area contributed by atoms with Gasteiger partial charge in [-0.25, -0.2) is 13.1 Å². The maximum Gasteiger partial charge on any atom is 0.240 e. The lowest BCUT2D eigenvalue weighted by Gasteiger charge is -2.20. The number of aryl methyl sites for hydroxylation is 1. The van der Waals surface area contributed by atoms with Crippen molar-refractivity contribution in [2.75, 3.05) is 11.4 Å². The Kier molecular flexibility index (Phi) is 4.92. The summed E-state index contributed by atoms with van der Waals surface area (Å²) >= 11 is 0. The molecule has 2 rings (SSSR count). The molecular weight excluding hydrogens is 300 g/mol. The Morgan fingerprint density at radius 3 is 2.41 bits per heavy atom. The Bertz CT molecular complexity index is 668. The molecule has 6 heteroatoms. The first-order valence-electron chi connectivity index (χ1n) is 7.65. The number of nitrogens with zero attached hydrogens (tertiary/aromatic N) is 1. The van der Waals surface area contributed by atoms with Gasteiger partial charge in [0.05, 0.1) is 4.90 Å². The molecule has 1 aliphatic rings. The molecular formula is C16H24N2O3S. The molecule has 0 saturated carbocycles. The van der Waals surface area contributed by atoms with Gasteiger partial charge in [-0.3, -0.25) is 4.79 Å². The number of carbonyl (C=O) groups excluding carboxylic acids is 1. The van der Waals surface area contributed by atoms with Gasteiger partial charge in [0.2, 0.25) is 15.9 Å². The normalized spacial score (nSPS) is 17.3. The monoisotopic (exact) mass is 324 g/mol. The van der Waals surface area contributed by atoms with E-state index in [1.807, 2.05) is 27.7 Å². The van der Waals surface area contributed by atoms with E-state index in [0.29, 0.717) is 13.0 Å². The number of benzene rings is 1. The number of carbonyl (C=O) groups is 1. The van der Waals surface area contributed by atoms with Crippen LogP contribution in [0.1, 0.15) is 39.2 Å². The summed E-state index contributed by atoms with van der Waals surface area (Å²) in [6.45, 7) is 8.34. The third-order valence-electron chi connectivity index (χ3n) is 4.18. The van der Waals surface area contributed by atoms with Gasteiger partial charge in [-0.15, -0.1) is 0 Å². The number of rotatable bonds is 5. The van der Waals surface area contributed by atoms with Crippen LogP contribution in [0.3, 0.4) is 0 Å². The highest BCUT2D eigenvalue weighted by Crippen LogP contribution is 2.27. The minimum atomic E-state index is -3.53. The predicted molar refractivity (Wildman–Crippen MR) is 87.4 cm³/mol. The maximum absolute atomic E-state index is 12.4. The molecule has 1 aliphatic heterocycles. The summed E-state index contributed by atoms with van der Waals surface area (Å²) in [7, 11) is -3.53. The van der Waals surface area contributed by atoms with E-state index >= 15 is 0 Å². The molecule has 0 radical (unpaired) electrons. The zero-order chi connectivity index (χ0) is 16.5. The first-order chi connectivity index (χ1) is 10.2. The molecule has 0 aromatic heterocycles. The van der Waals surface area contributed by atoms with Crippen molar-refractivity contribution in [1.29, 1.82) is 0 Å². The zero-order valence-corrected chi connectivity index (χ0v) is 14.4. The Morgan fingerprint density at radius 1 is 1.23 bits per heavy atom. The van der Waals surface area contributed by atoms with Gasteiger partial charge in [0.1, 0.15) is 0 Å². The summed E-state index contributed by atoms with van der Waals surface area (Å²) in [4.78, 5) is 13.8. The van der Waals surface area contributed by atoms with Crippen LogP contribution < -0.4 is 9.62 Å². The van der Waals surface area contributed by atoms with E-state index in [2.05, 4.69) is 4.72 Å². The molecule has 1 atom stereocenters. The van der Waals surface area contributed by atoms with Gasteiger partial charge in [0.15, 0.2) is 0 Å².